The van der Waals surface area contributed by atoms with Gasteiger partial charge < -0.3 is 14.8 Å². The molecule has 1 atom stereocenters. The second kappa shape index (κ2) is 5.51. The van der Waals surface area contributed by atoms with Gasteiger partial charge in [-0.15, -0.1) is 0 Å². The van der Waals surface area contributed by atoms with Gasteiger partial charge in [0.15, 0.2) is 6.23 Å². The van der Waals surface area contributed by atoms with Gasteiger partial charge in [-0.25, -0.2) is 0 Å². The molecule has 2 rings (SSSR count). The standard InChI is InChI=1S/C16H19NO3/c1-4-10(2)16(20)17-11(3)8-13-12(9-15(18)19)6-5-7-14(13)17/h4-8,16,20H,9H2,1-3H3,(H,18,19)/b10-4+. The van der Waals surface area contributed by atoms with Crippen molar-refractivity contribution < 1.29 is 15.0 Å². The predicted octanol–water partition coefficient (Wildman–Crippen LogP) is 3.03. The third-order valence-corrected chi connectivity index (χ3v) is 3.62. The number of hydrogen-bond acceptors (Lipinski definition) is 2. The van der Waals surface area contributed by atoms with Crippen molar-refractivity contribution in [2.24, 2.45) is 0 Å². The number of rotatable bonds is 4. The van der Waals surface area contributed by atoms with Gasteiger partial charge in [0.05, 0.1) is 11.9 Å². The third-order valence-electron chi connectivity index (χ3n) is 3.62. The monoisotopic (exact) mass is 273 g/mol. The molecule has 1 aromatic heterocycles. The van der Waals surface area contributed by atoms with Crippen LogP contribution in [0.1, 0.15) is 31.3 Å². The quantitative estimate of drug-likeness (QED) is 0.842. The SMILES string of the molecule is C/C=C(\C)C(O)n1c(C)cc2c(CC(=O)O)cccc21. The lowest BCUT2D eigenvalue weighted by Crippen LogP contribution is -2.10. The number of carbonyl (C=O) groups is 1. The number of nitrogens with zero attached hydrogens (tertiary/aromatic N) is 1. The average Bonchev–Trinajstić information content (AvgIpc) is 2.73. The number of carboxylic acids is 1. The molecule has 0 radical (unpaired) electrons. The Hall–Kier alpha value is -2.07. The molecule has 0 amide bonds. The van der Waals surface area contributed by atoms with Gasteiger partial charge in [-0.1, -0.05) is 18.2 Å². The van der Waals surface area contributed by atoms with E-state index in [1.807, 2.05) is 55.7 Å². The number of aromatic nitrogens is 1. The first-order valence-corrected chi connectivity index (χ1v) is 6.57. The molecule has 0 saturated carbocycles. The highest BCUT2D eigenvalue weighted by atomic mass is 16.4. The Morgan fingerprint density at radius 2 is 2.15 bits per heavy atom. The largest absolute Gasteiger partial charge is 0.481 e. The van der Waals surface area contributed by atoms with Crippen molar-refractivity contribution >= 4 is 16.9 Å². The number of aryl methyl sites for hydroxylation is 1. The van der Waals surface area contributed by atoms with E-state index in [0.717, 1.165) is 27.7 Å². The van der Waals surface area contributed by atoms with Crippen LogP contribution in [0.2, 0.25) is 0 Å². The summed E-state index contributed by atoms with van der Waals surface area (Å²) < 4.78 is 1.83. The van der Waals surface area contributed by atoms with Crippen molar-refractivity contribution in [2.45, 2.75) is 33.4 Å². The molecule has 1 unspecified atom stereocenters. The fourth-order valence-corrected chi connectivity index (χ4v) is 2.44. The Kier molecular flexibility index (Phi) is 3.95. The van der Waals surface area contributed by atoms with Crippen LogP contribution >= 0.6 is 0 Å². The van der Waals surface area contributed by atoms with Gasteiger partial charge in [-0.05, 0) is 44.0 Å². The van der Waals surface area contributed by atoms with E-state index in [0.29, 0.717) is 0 Å². The van der Waals surface area contributed by atoms with Crippen LogP contribution in [0.3, 0.4) is 0 Å². The Morgan fingerprint density at radius 3 is 2.75 bits per heavy atom. The van der Waals surface area contributed by atoms with Crippen LogP contribution in [-0.4, -0.2) is 20.7 Å². The van der Waals surface area contributed by atoms with E-state index in [9.17, 15) is 9.90 Å². The van der Waals surface area contributed by atoms with E-state index in [4.69, 9.17) is 5.11 Å². The summed E-state index contributed by atoms with van der Waals surface area (Å²) in [5.74, 6) is -0.854. The van der Waals surface area contributed by atoms with Gasteiger partial charge in [0, 0.05) is 11.1 Å². The number of aliphatic hydroxyl groups excluding tert-OH is 1. The lowest BCUT2D eigenvalue weighted by molar-refractivity contribution is -0.136. The van der Waals surface area contributed by atoms with Crippen molar-refractivity contribution in [2.75, 3.05) is 0 Å². The number of allylic oxidation sites excluding steroid dienone is 1. The zero-order valence-electron chi connectivity index (χ0n) is 11.9. The molecule has 106 valence electrons. The Bertz CT molecular complexity index is 682. The van der Waals surface area contributed by atoms with E-state index in [-0.39, 0.29) is 6.42 Å². The zero-order valence-corrected chi connectivity index (χ0v) is 11.9. The normalized spacial score (nSPS) is 13.7. The Labute approximate surface area is 118 Å². The van der Waals surface area contributed by atoms with Crippen LogP contribution in [0.15, 0.2) is 35.9 Å². The maximum atomic E-state index is 10.9. The number of aliphatic hydroxyl groups is 1. The maximum Gasteiger partial charge on any atom is 0.307 e. The Morgan fingerprint density at radius 1 is 1.45 bits per heavy atom. The lowest BCUT2D eigenvalue weighted by Gasteiger charge is -2.17. The molecule has 1 aromatic carbocycles. The zero-order chi connectivity index (χ0) is 14.9. The minimum Gasteiger partial charge on any atom is -0.481 e. The first-order valence-electron chi connectivity index (χ1n) is 6.57. The number of carboxylic acid groups (broad SMARTS) is 1. The summed E-state index contributed by atoms with van der Waals surface area (Å²) in [6.07, 6.45) is 1.13. The van der Waals surface area contributed by atoms with Crippen molar-refractivity contribution in [1.29, 1.82) is 0 Å². The van der Waals surface area contributed by atoms with E-state index in [1.165, 1.54) is 0 Å². The molecule has 0 spiro atoms. The smallest absolute Gasteiger partial charge is 0.307 e. The summed E-state index contributed by atoms with van der Waals surface area (Å²) in [6, 6.07) is 7.48. The molecule has 0 saturated heterocycles. The second-order valence-corrected chi connectivity index (χ2v) is 4.98. The molecule has 1 heterocycles. The molecule has 2 N–H and O–H groups in total. The van der Waals surface area contributed by atoms with Crippen LogP contribution < -0.4 is 0 Å². The lowest BCUT2D eigenvalue weighted by atomic mass is 10.1. The molecule has 4 heteroatoms. The number of benzene rings is 1. The van der Waals surface area contributed by atoms with Crippen LogP contribution in [0.25, 0.3) is 10.9 Å². The van der Waals surface area contributed by atoms with Gasteiger partial charge in [0.25, 0.3) is 0 Å². The minimum atomic E-state index is -0.854. The number of fused-ring (bicyclic) bond motifs is 1. The van der Waals surface area contributed by atoms with Gasteiger partial charge in [-0.3, -0.25) is 4.79 Å². The molecule has 2 aromatic rings. The van der Waals surface area contributed by atoms with Gasteiger partial charge in [0.2, 0.25) is 0 Å². The summed E-state index contributed by atoms with van der Waals surface area (Å²) in [5.41, 5.74) is 3.39. The van der Waals surface area contributed by atoms with E-state index in [1.54, 1.807) is 0 Å². The number of aliphatic carboxylic acids is 1. The molecule has 0 aliphatic rings. The summed E-state index contributed by atoms with van der Waals surface area (Å²) in [5, 5.41) is 20.3. The fraction of sp³-hybridized carbons (Fsp3) is 0.312. The van der Waals surface area contributed by atoms with E-state index in [2.05, 4.69) is 0 Å². The van der Waals surface area contributed by atoms with Crippen LogP contribution in [0.5, 0.6) is 0 Å². The van der Waals surface area contributed by atoms with E-state index < -0.39 is 12.2 Å². The average molecular weight is 273 g/mol. The third kappa shape index (κ3) is 2.47. The van der Waals surface area contributed by atoms with Crippen LogP contribution in [0, 0.1) is 6.92 Å². The summed E-state index contributed by atoms with van der Waals surface area (Å²) >= 11 is 0. The van der Waals surface area contributed by atoms with Gasteiger partial charge in [0.1, 0.15) is 0 Å². The fourth-order valence-electron chi connectivity index (χ4n) is 2.44. The molecule has 0 aliphatic heterocycles. The van der Waals surface area contributed by atoms with Crippen molar-refractivity contribution in [3.63, 3.8) is 0 Å². The molecule has 20 heavy (non-hydrogen) atoms. The minimum absolute atomic E-state index is 0.0144. The highest BCUT2D eigenvalue weighted by molar-refractivity contribution is 5.88. The molecule has 4 nitrogen and oxygen atoms in total. The topological polar surface area (TPSA) is 62.5 Å². The molecular weight excluding hydrogens is 254 g/mol. The van der Waals surface area contributed by atoms with E-state index >= 15 is 0 Å². The second-order valence-electron chi connectivity index (χ2n) is 4.98. The van der Waals surface area contributed by atoms with Crippen molar-refractivity contribution in [3.05, 3.63) is 47.2 Å². The highest BCUT2D eigenvalue weighted by Crippen LogP contribution is 2.28. The van der Waals surface area contributed by atoms with Crippen molar-refractivity contribution in [1.82, 2.24) is 4.57 Å². The summed E-state index contributed by atoms with van der Waals surface area (Å²) in [7, 11) is 0. The predicted molar refractivity (Wildman–Crippen MR) is 78.7 cm³/mol. The van der Waals surface area contributed by atoms with Crippen molar-refractivity contribution in [3.8, 4) is 0 Å². The Balaban J connectivity index is 2.63. The van der Waals surface area contributed by atoms with Gasteiger partial charge >= 0.3 is 5.97 Å². The highest BCUT2D eigenvalue weighted by Gasteiger charge is 2.16. The maximum absolute atomic E-state index is 10.9. The molecule has 0 fully saturated rings. The molecule has 0 bridgehead atoms. The van der Waals surface area contributed by atoms with Crippen LogP contribution in [0.4, 0.5) is 0 Å². The summed E-state index contributed by atoms with van der Waals surface area (Å²) in [4.78, 5) is 10.9. The van der Waals surface area contributed by atoms with Crippen LogP contribution in [-0.2, 0) is 11.2 Å². The molecule has 0 aliphatic carbocycles. The number of hydrogen-bond donors (Lipinski definition) is 2. The summed E-state index contributed by atoms with van der Waals surface area (Å²) in [6.45, 7) is 5.67. The first-order chi connectivity index (χ1) is 9.45. The van der Waals surface area contributed by atoms with Gasteiger partial charge in [-0.2, -0.15) is 0 Å². The first kappa shape index (κ1) is 14.3. The molecular formula is C16H19NO3.